The van der Waals surface area contributed by atoms with Crippen LogP contribution in [0.4, 0.5) is 10.1 Å². The lowest BCUT2D eigenvalue weighted by atomic mass is 10.0. The van der Waals surface area contributed by atoms with Gasteiger partial charge in [-0.25, -0.2) is 9.07 Å². The molecule has 1 heterocycles. The molecule has 0 aliphatic rings. The standard InChI is InChI=1S/C14H20FN5/c1-5-12(8(2)3)20-14(17-18-19-20)11-7-10(16)6-9(4)13(11)15/h6-8,12H,5,16H2,1-4H3. The van der Waals surface area contributed by atoms with E-state index in [1.807, 2.05) is 0 Å². The number of nitrogens with two attached hydrogens (primary N) is 1. The lowest BCUT2D eigenvalue weighted by Crippen LogP contribution is -2.17. The van der Waals surface area contributed by atoms with Crippen molar-refractivity contribution in [2.24, 2.45) is 5.92 Å². The minimum absolute atomic E-state index is 0.126. The van der Waals surface area contributed by atoms with Crippen molar-refractivity contribution in [1.29, 1.82) is 0 Å². The third kappa shape index (κ3) is 2.50. The van der Waals surface area contributed by atoms with E-state index in [1.54, 1.807) is 23.7 Å². The number of hydrogen-bond donors (Lipinski definition) is 1. The Labute approximate surface area is 118 Å². The minimum atomic E-state index is -0.325. The van der Waals surface area contributed by atoms with Gasteiger partial charge in [0, 0.05) is 5.69 Å². The molecule has 0 radical (unpaired) electrons. The van der Waals surface area contributed by atoms with E-state index in [0.29, 0.717) is 28.6 Å². The maximum atomic E-state index is 14.3. The van der Waals surface area contributed by atoms with Crippen LogP contribution in [0, 0.1) is 18.7 Å². The third-order valence-electron chi connectivity index (χ3n) is 3.51. The molecule has 0 bridgehead atoms. The molecule has 20 heavy (non-hydrogen) atoms. The maximum Gasteiger partial charge on any atom is 0.185 e. The van der Waals surface area contributed by atoms with Crippen molar-refractivity contribution >= 4 is 5.69 Å². The summed E-state index contributed by atoms with van der Waals surface area (Å²) in [5.74, 6) is 0.458. The fourth-order valence-electron chi connectivity index (χ4n) is 2.48. The molecule has 1 unspecified atom stereocenters. The van der Waals surface area contributed by atoms with E-state index >= 15 is 0 Å². The number of tetrazole rings is 1. The molecule has 1 aromatic heterocycles. The summed E-state index contributed by atoms with van der Waals surface area (Å²) in [6.07, 6.45) is 0.874. The predicted molar refractivity (Wildman–Crippen MR) is 76.5 cm³/mol. The van der Waals surface area contributed by atoms with E-state index in [0.717, 1.165) is 6.42 Å². The van der Waals surface area contributed by atoms with Crippen LogP contribution in [0.15, 0.2) is 12.1 Å². The Balaban J connectivity index is 2.58. The second-order valence-corrected chi connectivity index (χ2v) is 5.37. The summed E-state index contributed by atoms with van der Waals surface area (Å²) in [7, 11) is 0. The van der Waals surface area contributed by atoms with Crippen LogP contribution in [-0.4, -0.2) is 20.2 Å². The summed E-state index contributed by atoms with van der Waals surface area (Å²) < 4.78 is 16.0. The Kier molecular flexibility index (Phi) is 4.01. The van der Waals surface area contributed by atoms with Crippen LogP contribution < -0.4 is 5.73 Å². The average Bonchev–Trinajstić information content (AvgIpc) is 2.83. The second kappa shape index (κ2) is 5.56. The first-order valence-electron chi connectivity index (χ1n) is 6.79. The molecule has 0 fully saturated rings. The van der Waals surface area contributed by atoms with E-state index < -0.39 is 0 Å². The molecule has 0 aliphatic carbocycles. The highest BCUT2D eigenvalue weighted by molar-refractivity contribution is 5.63. The molecule has 2 aromatic rings. The average molecular weight is 277 g/mol. The number of nitrogens with zero attached hydrogens (tertiary/aromatic N) is 4. The Bertz CT molecular complexity index is 606. The molecule has 0 aliphatic heterocycles. The van der Waals surface area contributed by atoms with E-state index in [1.165, 1.54) is 0 Å². The number of hydrogen-bond acceptors (Lipinski definition) is 4. The molecule has 1 atom stereocenters. The van der Waals surface area contributed by atoms with Gasteiger partial charge < -0.3 is 5.73 Å². The van der Waals surface area contributed by atoms with Gasteiger partial charge in [0.05, 0.1) is 11.6 Å². The number of benzene rings is 1. The van der Waals surface area contributed by atoms with Gasteiger partial charge in [-0.3, -0.25) is 0 Å². The van der Waals surface area contributed by atoms with E-state index in [4.69, 9.17) is 5.73 Å². The first-order valence-corrected chi connectivity index (χ1v) is 6.79. The number of nitrogen functional groups attached to an aromatic ring is 1. The first-order chi connectivity index (χ1) is 9.45. The number of anilines is 1. The normalized spacial score (nSPS) is 12.9. The van der Waals surface area contributed by atoms with Gasteiger partial charge in [0.2, 0.25) is 0 Å². The van der Waals surface area contributed by atoms with Gasteiger partial charge in [-0.2, -0.15) is 0 Å². The lowest BCUT2D eigenvalue weighted by molar-refractivity contribution is 0.333. The van der Waals surface area contributed by atoms with Gasteiger partial charge in [0.15, 0.2) is 5.82 Å². The molecule has 6 heteroatoms. The van der Waals surface area contributed by atoms with Gasteiger partial charge in [0.1, 0.15) is 5.82 Å². The summed E-state index contributed by atoms with van der Waals surface area (Å²) in [6.45, 7) is 7.95. The van der Waals surface area contributed by atoms with Crippen molar-refractivity contribution < 1.29 is 4.39 Å². The lowest BCUT2D eigenvalue weighted by Gasteiger charge is -2.20. The SMILES string of the molecule is CCC(C(C)C)n1nnnc1-c1cc(N)cc(C)c1F. The molecule has 0 saturated heterocycles. The Morgan fingerprint density at radius 1 is 1.35 bits per heavy atom. The maximum absolute atomic E-state index is 14.3. The van der Waals surface area contributed by atoms with Crippen LogP contribution in [0.2, 0.25) is 0 Å². The Hall–Kier alpha value is -1.98. The summed E-state index contributed by atoms with van der Waals surface area (Å²) in [4.78, 5) is 0. The quantitative estimate of drug-likeness (QED) is 0.872. The molecule has 5 nitrogen and oxygen atoms in total. The highest BCUT2D eigenvalue weighted by Gasteiger charge is 2.22. The summed E-state index contributed by atoms with van der Waals surface area (Å²) in [5, 5.41) is 11.7. The molecule has 0 saturated carbocycles. The summed E-state index contributed by atoms with van der Waals surface area (Å²) >= 11 is 0. The highest BCUT2D eigenvalue weighted by Crippen LogP contribution is 2.30. The zero-order chi connectivity index (χ0) is 14.9. The smallest absolute Gasteiger partial charge is 0.185 e. The summed E-state index contributed by atoms with van der Waals surface area (Å²) in [5.41, 5.74) is 7.16. The van der Waals surface area contributed by atoms with Gasteiger partial charge in [-0.15, -0.1) is 5.10 Å². The second-order valence-electron chi connectivity index (χ2n) is 5.37. The van der Waals surface area contributed by atoms with Crippen molar-refractivity contribution in [2.45, 2.75) is 40.2 Å². The Morgan fingerprint density at radius 3 is 2.65 bits per heavy atom. The summed E-state index contributed by atoms with van der Waals surface area (Å²) in [6, 6.07) is 3.31. The van der Waals surface area contributed by atoms with E-state index in [2.05, 4.69) is 36.3 Å². The molecule has 108 valence electrons. The minimum Gasteiger partial charge on any atom is -0.399 e. The first kappa shape index (κ1) is 14.4. The van der Waals surface area contributed by atoms with E-state index in [-0.39, 0.29) is 11.9 Å². The number of aryl methyl sites for hydroxylation is 1. The van der Waals surface area contributed by atoms with Crippen LogP contribution in [0.25, 0.3) is 11.4 Å². The zero-order valence-corrected chi connectivity index (χ0v) is 12.3. The number of aromatic nitrogens is 4. The van der Waals surface area contributed by atoms with Crippen molar-refractivity contribution in [2.75, 3.05) is 5.73 Å². The van der Waals surface area contributed by atoms with Gasteiger partial charge >= 0.3 is 0 Å². The van der Waals surface area contributed by atoms with Gasteiger partial charge in [-0.1, -0.05) is 20.8 Å². The topological polar surface area (TPSA) is 69.6 Å². The number of rotatable bonds is 4. The zero-order valence-electron chi connectivity index (χ0n) is 12.3. The fraction of sp³-hybridized carbons (Fsp3) is 0.500. The van der Waals surface area contributed by atoms with Gasteiger partial charge in [-0.05, 0) is 47.4 Å². The fourth-order valence-corrected chi connectivity index (χ4v) is 2.48. The van der Waals surface area contributed by atoms with Crippen LogP contribution in [0.5, 0.6) is 0 Å². The predicted octanol–water partition coefficient (Wildman–Crippen LogP) is 2.98. The van der Waals surface area contributed by atoms with Crippen molar-refractivity contribution in [3.63, 3.8) is 0 Å². The highest BCUT2D eigenvalue weighted by atomic mass is 19.1. The molecule has 0 spiro atoms. The largest absolute Gasteiger partial charge is 0.399 e. The van der Waals surface area contributed by atoms with Gasteiger partial charge in [0.25, 0.3) is 0 Å². The van der Waals surface area contributed by atoms with Crippen molar-refractivity contribution in [3.05, 3.63) is 23.5 Å². The molecule has 1 aromatic carbocycles. The molecule has 0 amide bonds. The molecule has 2 rings (SSSR count). The molecular formula is C14H20FN5. The Morgan fingerprint density at radius 2 is 2.05 bits per heavy atom. The molecular weight excluding hydrogens is 257 g/mol. The monoisotopic (exact) mass is 277 g/mol. The third-order valence-corrected chi connectivity index (χ3v) is 3.51. The van der Waals surface area contributed by atoms with Crippen molar-refractivity contribution in [3.8, 4) is 11.4 Å². The van der Waals surface area contributed by atoms with Crippen LogP contribution in [0.1, 0.15) is 38.8 Å². The van der Waals surface area contributed by atoms with Crippen LogP contribution in [0.3, 0.4) is 0 Å². The van der Waals surface area contributed by atoms with E-state index in [9.17, 15) is 4.39 Å². The van der Waals surface area contributed by atoms with Crippen molar-refractivity contribution in [1.82, 2.24) is 20.2 Å². The number of halogens is 1. The van der Waals surface area contributed by atoms with Crippen LogP contribution >= 0.6 is 0 Å². The van der Waals surface area contributed by atoms with Crippen LogP contribution in [-0.2, 0) is 0 Å². The molecule has 2 N–H and O–H groups in total.